The van der Waals surface area contributed by atoms with E-state index in [-0.39, 0.29) is 6.61 Å². The summed E-state index contributed by atoms with van der Waals surface area (Å²) >= 11 is 0. The maximum atomic E-state index is 11.3. The summed E-state index contributed by atoms with van der Waals surface area (Å²) in [6.07, 6.45) is -7.99. The van der Waals surface area contributed by atoms with E-state index in [1.54, 1.807) is 6.92 Å². The Morgan fingerprint density at radius 1 is 1.47 bits per heavy atom. The quantitative estimate of drug-likeness (QED) is 0.473. The third-order valence-electron chi connectivity index (χ3n) is 2.15. The van der Waals surface area contributed by atoms with Crippen LogP contribution >= 0.6 is 0 Å². The minimum absolute atomic E-state index is 0.161. The summed E-state index contributed by atoms with van der Waals surface area (Å²) in [4.78, 5) is 10.5. The molecular formula is C8H13O7-. The topological polar surface area (TPSA) is 119 Å². The number of hydrogen-bond donors (Lipinski definition) is 3. The zero-order chi connectivity index (χ0) is 11.6. The van der Waals surface area contributed by atoms with E-state index in [0.29, 0.717) is 0 Å². The van der Waals surface area contributed by atoms with Crippen LogP contribution in [-0.2, 0) is 14.3 Å². The number of aliphatic hydroxyl groups excluding tert-OH is 2. The fourth-order valence-corrected chi connectivity index (χ4v) is 1.41. The Kier molecular flexibility index (Phi) is 4.00. The Balaban J connectivity index is 2.74. The minimum Gasteiger partial charge on any atom is -0.829 e. The Morgan fingerprint density at radius 3 is 2.53 bits per heavy atom. The summed E-state index contributed by atoms with van der Waals surface area (Å²) in [5.74, 6) is -1.49. The van der Waals surface area contributed by atoms with Crippen molar-refractivity contribution >= 4 is 5.97 Å². The molecule has 15 heavy (non-hydrogen) atoms. The van der Waals surface area contributed by atoms with Crippen molar-refractivity contribution < 1.29 is 34.7 Å². The van der Waals surface area contributed by atoms with Gasteiger partial charge in [0.2, 0.25) is 0 Å². The number of ether oxygens (including phenoxy) is 2. The van der Waals surface area contributed by atoms with Crippen LogP contribution in [0.5, 0.6) is 0 Å². The van der Waals surface area contributed by atoms with Gasteiger partial charge in [0.25, 0.3) is 0 Å². The highest BCUT2D eigenvalue weighted by Gasteiger charge is 2.44. The van der Waals surface area contributed by atoms with E-state index in [0.717, 1.165) is 0 Å². The van der Waals surface area contributed by atoms with E-state index >= 15 is 0 Å². The lowest BCUT2D eigenvalue weighted by molar-refractivity contribution is -0.531. The Hall–Kier alpha value is -0.730. The average Bonchev–Trinajstić information content (AvgIpc) is 2.18. The minimum atomic E-state index is -1.82. The van der Waals surface area contributed by atoms with Gasteiger partial charge in [0.1, 0.15) is 12.2 Å². The van der Waals surface area contributed by atoms with Crippen LogP contribution in [0.3, 0.4) is 0 Å². The molecule has 0 amide bonds. The molecule has 0 spiro atoms. The maximum Gasteiger partial charge on any atom is 0.335 e. The molecule has 0 aromatic carbocycles. The van der Waals surface area contributed by atoms with Crippen molar-refractivity contribution in [2.45, 2.75) is 37.6 Å². The lowest BCUT2D eigenvalue weighted by atomic mass is 9.99. The molecule has 88 valence electrons. The molecule has 5 atom stereocenters. The molecule has 1 aliphatic rings. The first-order chi connectivity index (χ1) is 6.99. The molecule has 1 heterocycles. The van der Waals surface area contributed by atoms with Crippen molar-refractivity contribution in [3.63, 3.8) is 0 Å². The smallest absolute Gasteiger partial charge is 0.335 e. The number of carboxylic acid groups (broad SMARTS) is 1. The van der Waals surface area contributed by atoms with Crippen LogP contribution in [0.1, 0.15) is 6.92 Å². The number of aliphatic carboxylic acids is 1. The Labute approximate surface area is 85.9 Å². The lowest BCUT2D eigenvalue weighted by Crippen LogP contribution is -2.64. The molecule has 7 nitrogen and oxygen atoms in total. The van der Waals surface area contributed by atoms with E-state index in [9.17, 15) is 20.1 Å². The van der Waals surface area contributed by atoms with Gasteiger partial charge in [-0.05, 0) is 6.92 Å². The SMILES string of the molecule is CCO[C@@H]1[C@@H](O)[C@H](O)[C@@H](C(=O)O)O[C@H]1[O-]. The van der Waals surface area contributed by atoms with Crippen molar-refractivity contribution in [3.8, 4) is 0 Å². The second-order valence-corrected chi connectivity index (χ2v) is 3.16. The first-order valence-electron chi connectivity index (χ1n) is 4.50. The predicted octanol–water partition coefficient (Wildman–Crippen LogP) is -2.72. The van der Waals surface area contributed by atoms with Gasteiger partial charge >= 0.3 is 5.97 Å². The number of hydrogen-bond acceptors (Lipinski definition) is 6. The van der Waals surface area contributed by atoms with Crippen LogP contribution in [0.15, 0.2) is 0 Å². The van der Waals surface area contributed by atoms with E-state index in [4.69, 9.17) is 9.84 Å². The van der Waals surface area contributed by atoms with Crippen molar-refractivity contribution in [2.24, 2.45) is 0 Å². The van der Waals surface area contributed by atoms with Gasteiger partial charge in [0.15, 0.2) is 6.10 Å². The van der Waals surface area contributed by atoms with Gasteiger partial charge in [0.05, 0.1) is 6.10 Å². The summed E-state index contributed by atoms with van der Waals surface area (Å²) in [6, 6.07) is 0. The molecule has 0 aromatic heterocycles. The monoisotopic (exact) mass is 221 g/mol. The summed E-state index contributed by atoms with van der Waals surface area (Å²) in [5, 5.41) is 38.6. The predicted molar refractivity (Wildman–Crippen MR) is 43.7 cm³/mol. The van der Waals surface area contributed by atoms with E-state index < -0.39 is 36.7 Å². The summed E-state index contributed by atoms with van der Waals surface area (Å²) in [6.45, 7) is 1.77. The zero-order valence-corrected chi connectivity index (χ0v) is 8.07. The number of aliphatic hydroxyl groups is 2. The molecule has 0 radical (unpaired) electrons. The molecule has 0 saturated carbocycles. The molecule has 0 unspecified atom stereocenters. The van der Waals surface area contributed by atoms with Gasteiger partial charge in [-0.25, -0.2) is 4.79 Å². The van der Waals surface area contributed by atoms with Gasteiger partial charge in [-0.3, -0.25) is 0 Å². The summed E-state index contributed by atoms with van der Waals surface area (Å²) in [5.41, 5.74) is 0. The van der Waals surface area contributed by atoms with Gasteiger partial charge < -0.3 is 29.9 Å². The Bertz CT molecular complexity index is 231. The highest BCUT2D eigenvalue weighted by molar-refractivity contribution is 5.73. The highest BCUT2D eigenvalue weighted by Crippen LogP contribution is 2.20. The maximum absolute atomic E-state index is 11.3. The molecule has 0 bridgehead atoms. The van der Waals surface area contributed by atoms with Gasteiger partial charge in [0, 0.05) is 12.9 Å². The molecule has 3 N–H and O–H groups in total. The second kappa shape index (κ2) is 4.86. The number of carbonyl (C=O) groups is 1. The fraction of sp³-hybridized carbons (Fsp3) is 0.875. The van der Waals surface area contributed by atoms with Crippen molar-refractivity contribution in [1.82, 2.24) is 0 Å². The van der Waals surface area contributed by atoms with Crippen LogP contribution in [0.4, 0.5) is 0 Å². The average molecular weight is 221 g/mol. The molecule has 1 fully saturated rings. The molecular weight excluding hydrogens is 208 g/mol. The third kappa shape index (κ3) is 2.44. The normalized spacial score (nSPS) is 41.5. The number of rotatable bonds is 3. The lowest BCUT2D eigenvalue weighted by Gasteiger charge is -2.44. The van der Waals surface area contributed by atoms with Gasteiger partial charge in [-0.1, -0.05) is 0 Å². The van der Waals surface area contributed by atoms with Crippen LogP contribution < -0.4 is 5.11 Å². The van der Waals surface area contributed by atoms with Crippen LogP contribution in [0, 0.1) is 0 Å². The van der Waals surface area contributed by atoms with Gasteiger partial charge in [-0.15, -0.1) is 0 Å². The molecule has 1 rings (SSSR count). The first kappa shape index (κ1) is 12.3. The zero-order valence-electron chi connectivity index (χ0n) is 8.07. The van der Waals surface area contributed by atoms with E-state index in [1.807, 2.05) is 0 Å². The molecule has 7 heteroatoms. The summed E-state index contributed by atoms with van der Waals surface area (Å²) in [7, 11) is 0. The second-order valence-electron chi connectivity index (χ2n) is 3.16. The van der Waals surface area contributed by atoms with E-state index in [1.165, 1.54) is 0 Å². The molecule has 1 saturated heterocycles. The molecule has 0 aliphatic carbocycles. The third-order valence-corrected chi connectivity index (χ3v) is 2.15. The van der Waals surface area contributed by atoms with Crippen LogP contribution in [0.2, 0.25) is 0 Å². The number of carboxylic acids is 1. The molecule has 0 aromatic rings. The van der Waals surface area contributed by atoms with Crippen molar-refractivity contribution in [3.05, 3.63) is 0 Å². The van der Waals surface area contributed by atoms with Gasteiger partial charge in [-0.2, -0.15) is 0 Å². The largest absolute Gasteiger partial charge is 0.829 e. The van der Waals surface area contributed by atoms with Crippen LogP contribution in [-0.4, -0.2) is 58.6 Å². The standard InChI is InChI=1S/C8H13O7/c1-2-14-6-4(10)3(9)5(7(11)12)15-8(6)13/h3-6,8-10H,2H2,1H3,(H,11,12)/q-1/t3-,4-,5-,6+,8+/m0/s1. The molecule has 1 aliphatic heterocycles. The fourth-order valence-electron chi connectivity index (χ4n) is 1.41. The van der Waals surface area contributed by atoms with E-state index in [2.05, 4.69) is 4.74 Å². The van der Waals surface area contributed by atoms with Crippen molar-refractivity contribution in [2.75, 3.05) is 6.61 Å². The van der Waals surface area contributed by atoms with Crippen molar-refractivity contribution in [1.29, 1.82) is 0 Å². The Morgan fingerprint density at radius 2 is 2.07 bits per heavy atom. The summed E-state index contributed by atoms with van der Waals surface area (Å²) < 4.78 is 9.37. The van der Waals surface area contributed by atoms with Crippen LogP contribution in [0.25, 0.3) is 0 Å². The highest BCUT2D eigenvalue weighted by atomic mass is 16.7. The first-order valence-corrected chi connectivity index (χ1v) is 4.50.